The Hall–Kier alpha value is -1.31. The number of rotatable bonds is 4. The van der Waals surface area contributed by atoms with Crippen LogP contribution in [0.25, 0.3) is 0 Å². The third-order valence-electron chi connectivity index (χ3n) is 2.79. The van der Waals surface area contributed by atoms with Gasteiger partial charge >= 0.3 is 5.97 Å². The fourth-order valence-electron chi connectivity index (χ4n) is 1.94. The summed E-state index contributed by atoms with van der Waals surface area (Å²) >= 11 is 0. The Morgan fingerprint density at radius 2 is 2.13 bits per heavy atom. The molecule has 15 heavy (non-hydrogen) atoms. The average Bonchev–Trinajstić information content (AvgIpc) is 2.40. The topological polar surface area (TPSA) is 26.3 Å². The second-order valence-corrected chi connectivity index (χ2v) is 4.17. The predicted molar refractivity (Wildman–Crippen MR) is 61.4 cm³/mol. The zero-order valence-corrected chi connectivity index (χ0v) is 9.72. The monoisotopic (exact) mass is 206 g/mol. The molecule has 0 bridgehead atoms. The van der Waals surface area contributed by atoms with E-state index in [0.29, 0.717) is 6.42 Å². The van der Waals surface area contributed by atoms with Gasteiger partial charge < -0.3 is 4.74 Å². The van der Waals surface area contributed by atoms with E-state index in [4.69, 9.17) is 4.74 Å². The molecule has 0 aliphatic carbocycles. The smallest absolute Gasteiger partial charge is 0.332 e. The van der Waals surface area contributed by atoms with E-state index in [0.717, 1.165) is 23.1 Å². The third-order valence-corrected chi connectivity index (χ3v) is 2.79. The summed E-state index contributed by atoms with van der Waals surface area (Å²) in [6.45, 7) is 13.7. The first-order valence-electron chi connectivity index (χ1n) is 5.16. The zero-order valence-electron chi connectivity index (χ0n) is 9.72. The SMILES string of the molecule is C=C(C)CC1(C(=C)CC)OC(=O)C=C1C. The maximum atomic E-state index is 11.3. The van der Waals surface area contributed by atoms with Crippen molar-refractivity contribution in [3.8, 4) is 0 Å². The molecule has 0 radical (unpaired) electrons. The van der Waals surface area contributed by atoms with Crippen molar-refractivity contribution < 1.29 is 9.53 Å². The summed E-state index contributed by atoms with van der Waals surface area (Å²) in [6, 6.07) is 0. The number of esters is 1. The van der Waals surface area contributed by atoms with Crippen molar-refractivity contribution in [3.63, 3.8) is 0 Å². The average molecular weight is 206 g/mol. The van der Waals surface area contributed by atoms with Crippen molar-refractivity contribution in [3.05, 3.63) is 36.0 Å². The molecule has 1 aliphatic rings. The van der Waals surface area contributed by atoms with Crippen molar-refractivity contribution in [2.45, 2.75) is 39.2 Å². The third kappa shape index (κ3) is 2.04. The van der Waals surface area contributed by atoms with Gasteiger partial charge in [0.05, 0.1) is 0 Å². The van der Waals surface area contributed by atoms with Gasteiger partial charge in [0.25, 0.3) is 0 Å². The van der Waals surface area contributed by atoms with Gasteiger partial charge in [0.15, 0.2) is 5.60 Å². The van der Waals surface area contributed by atoms with Crippen LogP contribution in [-0.2, 0) is 9.53 Å². The molecule has 2 heteroatoms. The van der Waals surface area contributed by atoms with Crippen LogP contribution in [0.1, 0.15) is 33.6 Å². The minimum atomic E-state index is -0.627. The number of cyclic esters (lactones) is 1. The molecule has 0 fully saturated rings. The summed E-state index contributed by atoms with van der Waals surface area (Å²) in [5, 5.41) is 0. The first kappa shape index (κ1) is 11.8. The first-order valence-corrected chi connectivity index (χ1v) is 5.16. The van der Waals surface area contributed by atoms with Crippen LogP contribution >= 0.6 is 0 Å². The highest BCUT2D eigenvalue weighted by atomic mass is 16.6. The molecule has 82 valence electrons. The van der Waals surface area contributed by atoms with E-state index in [1.807, 2.05) is 20.8 Å². The van der Waals surface area contributed by atoms with Gasteiger partial charge in [0.2, 0.25) is 0 Å². The predicted octanol–water partition coefficient (Wildman–Crippen LogP) is 3.16. The Bertz CT molecular complexity index is 350. The van der Waals surface area contributed by atoms with E-state index in [2.05, 4.69) is 13.2 Å². The van der Waals surface area contributed by atoms with Gasteiger partial charge in [0.1, 0.15) is 0 Å². The van der Waals surface area contributed by atoms with E-state index >= 15 is 0 Å². The highest BCUT2D eigenvalue weighted by Gasteiger charge is 2.42. The van der Waals surface area contributed by atoms with Crippen molar-refractivity contribution >= 4 is 5.97 Å². The molecule has 0 aromatic carbocycles. The molecule has 0 saturated carbocycles. The van der Waals surface area contributed by atoms with Crippen LogP contribution in [0.2, 0.25) is 0 Å². The number of carbonyl (C=O) groups excluding carboxylic acids is 1. The van der Waals surface area contributed by atoms with E-state index < -0.39 is 5.60 Å². The zero-order chi connectivity index (χ0) is 11.6. The van der Waals surface area contributed by atoms with Crippen molar-refractivity contribution in [2.24, 2.45) is 0 Å². The Morgan fingerprint density at radius 1 is 1.53 bits per heavy atom. The summed E-state index contributed by atoms with van der Waals surface area (Å²) in [6.07, 6.45) is 2.98. The molecule has 2 nitrogen and oxygen atoms in total. The number of carbonyl (C=O) groups is 1. The molecule has 0 spiro atoms. The van der Waals surface area contributed by atoms with Gasteiger partial charge in [0, 0.05) is 12.5 Å². The second kappa shape index (κ2) is 4.05. The van der Waals surface area contributed by atoms with Crippen molar-refractivity contribution in [1.29, 1.82) is 0 Å². The number of hydrogen-bond acceptors (Lipinski definition) is 2. The van der Waals surface area contributed by atoms with Gasteiger partial charge in [-0.2, -0.15) is 0 Å². The summed E-state index contributed by atoms with van der Waals surface area (Å²) < 4.78 is 5.43. The Labute approximate surface area is 91.3 Å². The van der Waals surface area contributed by atoms with Crippen LogP contribution in [-0.4, -0.2) is 11.6 Å². The molecule has 1 unspecified atom stereocenters. The maximum absolute atomic E-state index is 11.3. The summed E-state index contributed by atoms with van der Waals surface area (Å²) in [4.78, 5) is 11.3. The van der Waals surface area contributed by atoms with Gasteiger partial charge in [-0.1, -0.05) is 25.7 Å². The quantitative estimate of drug-likeness (QED) is 0.521. The van der Waals surface area contributed by atoms with Crippen LogP contribution in [0.15, 0.2) is 36.0 Å². The standard InChI is InChI=1S/C13H18O2/c1-6-10(4)13(8-9(2)3)11(5)7-12(14)15-13/h7H,2,4,6,8H2,1,3,5H3. The molecule has 0 aromatic rings. The van der Waals surface area contributed by atoms with E-state index in [-0.39, 0.29) is 5.97 Å². The van der Waals surface area contributed by atoms with Crippen LogP contribution in [0, 0.1) is 0 Å². The maximum Gasteiger partial charge on any atom is 0.332 e. The van der Waals surface area contributed by atoms with Gasteiger partial charge in [-0.25, -0.2) is 4.79 Å². The van der Waals surface area contributed by atoms with Crippen LogP contribution in [0.3, 0.4) is 0 Å². The van der Waals surface area contributed by atoms with Gasteiger partial charge in [-0.15, -0.1) is 0 Å². The molecule has 0 saturated heterocycles. The Kier molecular flexibility index (Phi) is 3.18. The molecule has 0 N–H and O–H groups in total. The Morgan fingerprint density at radius 3 is 2.47 bits per heavy atom. The summed E-state index contributed by atoms with van der Waals surface area (Å²) in [5.41, 5.74) is 2.23. The lowest BCUT2D eigenvalue weighted by Crippen LogP contribution is -2.33. The van der Waals surface area contributed by atoms with Crippen molar-refractivity contribution in [1.82, 2.24) is 0 Å². The number of hydrogen-bond donors (Lipinski definition) is 0. The minimum absolute atomic E-state index is 0.275. The molecule has 1 heterocycles. The largest absolute Gasteiger partial charge is 0.446 e. The fourth-order valence-corrected chi connectivity index (χ4v) is 1.94. The van der Waals surface area contributed by atoms with Crippen LogP contribution < -0.4 is 0 Å². The van der Waals surface area contributed by atoms with Gasteiger partial charge in [-0.3, -0.25) is 0 Å². The lowest BCUT2D eigenvalue weighted by atomic mass is 9.82. The summed E-state index contributed by atoms with van der Waals surface area (Å²) in [5.74, 6) is -0.275. The van der Waals surface area contributed by atoms with Crippen LogP contribution in [0.5, 0.6) is 0 Å². The van der Waals surface area contributed by atoms with E-state index in [1.165, 1.54) is 0 Å². The molecule has 0 aromatic heterocycles. The molecule has 1 atom stereocenters. The highest BCUT2D eigenvalue weighted by molar-refractivity contribution is 5.87. The normalized spacial score (nSPS) is 24.7. The fraction of sp³-hybridized carbons (Fsp3) is 0.462. The Balaban J connectivity index is 3.09. The molecular weight excluding hydrogens is 188 g/mol. The minimum Gasteiger partial charge on any atom is -0.446 e. The lowest BCUT2D eigenvalue weighted by Gasteiger charge is -2.32. The molecule has 0 amide bonds. The second-order valence-electron chi connectivity index (χ2n) is 4.17. The van der Waals surface area contributed by atoms with Crippen molar-refractivity contribution in [2.75, 3.05) is 0 Å². The lowest BCUT2D eigenvalue weighted by molar-refractivity contribution is -0.143. The number of ether oxygens (including phenoxy) is 1. The first-order chi connectivity index (χ1) is 6.92. The molecular formula is C13H18O2. The summed E-state index contributed by atoms with van der Waals surface area (Å²) in [7, 11) is 0. The van der Waals surface area contributed by atoms with Gasteiger partial charge in [-0.05, 0) is 31.4 Å². The molecule has 1 aliphatic heterocycles. The van der Waals surface area contributed by atoms with E-state index in [9.17, 15) is 4.79 Å². The highest BCUT2D eigenvalue weighted by Crippen LogP contribution is 2.40. The van der Waals surface area contributed by atoms with Crippen LogP contribution in [0.4, 0.5) is 0 Å². The van der Waals surface area contributed by atoms with E-state index in [1.54, 1.807) is 6.08 Å². The molecule has 1 rings (SSSR count).